The van der Waals surface area contributed by atoms with Gasteiger partial charge in [0.05, 0.1) is 17.6 Å². The van der Waals surface area contributed by atoms with Crippen LogP contribution in [0.25, 0.3) is 0 Å². The predicted octanol–water partition coefficient (Wildman–Crippen LogP) is 3.72. The van der Waals surface area contributed by atoms with E-state index in [0.717, 1.165) is 38.5 Å². The molecular weight excluding hydrogens is 229 g/mol. The topological polar surface area (TPSA) is 44.0 Å². The molecule has 1 saturated carbocycles. The van der Waals surface area contributed by atoms with Crippen LogP contribution in [-0.4, -0.2) is 5.11 Å². The molecule has 0 bridgehead atoms. The van der Waals surface area contributed by atoms with Crippen molar-refractivity contribution in [2.45, 2.75) is 44.6 Å². The van der Waals surface area contributed by atoms with E-state index in [2.05, 4.69) is 6.07 Å². The Morgan fingerprint density at radius 1 is 1.11 bits per heavy atom. The number of benzene rings is 1. The monoisotopic (exact) mass is 247 g/mol. The van der Waals surface area contributed by atoms with Crippen LogP contribution < -0.4 is 0 Å². The molecule has 1 atom stereocenters. The van der Waals surface area contributed by atoms with E-state index in [1.54, 1.807) is 12.1 Å². The summed E-state index contributed by atoms with van der Waals surface area (Å²) in [5, 5.41) is 19.9. The van der Waals surface area contributed by atoms with Gasteiger partial charge in [-0.15, -0.1) is 0 Å². The van der Waals surface area contributed by atoms with Gasteiger partial charge in [0.15, 0.2) is 0 Å². The summed E-state index contributed by atoms with van der Waals surface area (Å²) in [4.78, 5) is 0. The van der Waals surface area contributed by atoms with Crippen molar-refractivity contribution < 1.29 is 9.50 Å². The standard InChI is InChI=1S/C15H18FNO/c16-13-7-5-12(6-8-13)14(18)15(11-17)9-3-1-2-4-10-15/h5-8,14,18H,1-4,9-10H2. The summed E-state index contributed by atoms with van der Waals surface area (Å²) < 4.78 is 12.9. The lowest BCUT2D eigenvalue weighted by atomic mass is 9.74. The Bertz CT molecular complexity index is 427. The molecule has 0 aliphatic heterocycles. The lowest BCUT2D eigenvalue weighted by Crippen LogP contribution is -2.27. The second kappa shape index (κ2) is 5.49. The Kier molecular flexibility index (Phi) is 3.98. The molecule has 0 amide bonds. The van der Waals surface area contributed by atoms with E-state index in [9.17, 15) is 14.8 Å². The van der Waals surface area contributed by atoms with Crippen molar-refractivity contribution in [3.8, 4) is 6.07 Å². The van der Waals surface area contributed by atoms with Crippen molar-refractivity contribution in [3.05, 3.63) is 35.6 Å². The van der Waals surface area contributed by atoms with Crippen LogP contribution in [0.3, 0.4) is 0 Å². The zero-order valence-electron chi connectivity index (χ0n) is 10.4. The molecule has 1 aliphatic carbocycles. The fourth-order valence-electron chi connectivity index (χ4n) is 2.77. The molecule has 1 aromatic rings. The van der Waals surface area contributed by atoms with Gasteiger partial charge in [-0.1, -0.05) is 37.8 Å². The molecule has 1 aromatic carbocycles. The molecule has 0 spiro atoms. The Labute approximate surface area is 107 Å². The average molecular weight is 247 g/mol. The molecule has 2 nitrogen and oxygen atoms in total. The first-order valence-corrected chi connectivity index (χ1v) is 6.53. The third kappa shape index (κ3) is 2.54. The maximum atomic E-state index is 12.9. The van der Waals surface area contributed by atoms with E-state index in [-0.39, 0.29) is 5.82 Å². The molecule has 1 N–H and O–H groups in total. The molecule has 1 fully saturated rings. The van der Waals surface area contributed by atoms with Crippen molar-refractivity contribution in [3.63, 3.8) is 0 Å². The summed E-state index contributed by atoms with van der Waals surface area (Å²) in [6.07, 6.45) is 4.84. The first-order valence-electron chi connectivity index (χ1n) is 6.53. The van der Waals surface area contributed by atoms with Crippen LogP contribution >= 0.6 is 0 Å². The number of aliphatic hydroxyl groups is 1. The number of aliphatic hydroxyl groups excluding tert-OH is 1. The first-order chi connectivity index (χ1) is 8.68. The number of nitrogens with zero attached hydrogens (tertiary/aromatic N) is 1. The van der Waals surface area contributed by atoms with E-state index in [4.69, 9.17) is 0 Å². The molecule has 1 unspecified atom stereocenters. The van der Waals surface area contributed by atoms with Gasteiger partial charge in [-0.25, -0.2) is 4.39 Å². The van der Waals surface area contributed by atoms with Crippen molar-refractivity contribution >= 4 is 0 Å². The quantitative estimate of drug-likeness (QED) is 0.809. The molecule has 96 valence electrons. The first kappa shape index (κ1) is 13.0. The molecule has 0 aromatic heterocycles. The molecular formula is C15H18FNO. The second-order valence-electron chi connectivity index (χ2n) is 5.14. The minimum atomic E-state index is -0.818. The normalized spacial score (nSPS) is 20.7. The van der Waals surface area contributed by atoms with Gasteiger partial charge in [-0.3, -0.25) is 0 Å². The fourth-order valence-corrected chi connectivity index (χ4v) is 2.77. The Hall–Kier alpha value is -1.40. The molecule has 1 aliphatic rings. The Morgan fingerprint density at radius 2 is 1.67 bits per heavy atom. The zero-order valence-corrected chi connectivity index (χ0v) is 10.4. The summed E-state index contributed by atoms with van der Waals surface area (Å²) >= 11 is 0. The van der Waals surface area contributed by atoms with Crippen LogP contribution in [0.15, 0.2) is 24.3 Å². The molecule has 0 heterocycles. The highest BCUT2D eigenvalue weighted by molar-refractivity contribution is 5.23. The van der Waals surface area contributed by atoms with Gasteiger partial charge in [0.25, 0.3) is 0 Å². The zero-order chi connectivity index (χ0) is 13.0. The summed E-state index contributed by atoms with van der Waals surface area (Å²) in [7, 11) is 0. The van der Waals surface area contributed by atoms with Crippen LogP contribution in [0.5, 0.6) is 0 Å². The van der Waals surface area contributed by atoms with Gasteiger partial charge in [-0.05, 0) is 30.5 Å². The molecule has 2 rings (SSSR count). The SMILES string of the molecule is N#CC1(C(O)c2ccc(F)cc2)CCCCCC1. The van der Waals surface area contributed by atoms with Gasteiger partial charge in [0.1, 0.15) is 5.82 Å². The van der Waals surface area contributed by atoms with Crippen molar-refractivity contribution in [1.82, 2.24) is 0 Å². The van der Waals surface area contributed by atoms with Crippen LogP contribution in [-0.2, 0) is 0 Å². The number of hydrogen-bond acceptors (Lipinski definition) is 2. The Balaban J connectivity index is 2.26. The highest BCUT2D eigenvalue weighted by Gasteiger charge is 2.39. The van der Waals surface area contributed by atoms with E-state index >= 15 is 0 Å². The van der Waals surface area contributed by atoms with Crippen LogP contribution in [0.1, 0.15) is 50.2 Å². The summed E-state index contributed by atoms with van der Waals surface area (Å²) in [6.45, 7) is 0. The third-order valence-corrected chi connectivity index (χ3v) is 3.93. The summed E-state index contributed by atoms with van der Waals surface area (Å²) in [5.41, 5.74) is -0.0613. The van der Waals surface area contributed by atoms with Crippen LogP contribution in [0, 0.1) is 22.6 Å². The number of rotatable bonds is 2. The van der Waals surface area contributed by atoms with Gasteiger partial charge < -0.3 is 5.11 Å². The molecule has 18 heavy (non-hydrogen) atoms. The minimum Gasteiger partial charge on any atom is -0.387 e. The van der Waals surface area contributed by atoms with E-state index in [1.165, 1.54) is 12.1 Å². The maximum Gasteiger partial charge on any atom is 0.123 e. The Morgan fingerprint density at radius 3 is 2.17 bits per heavy atom. The number of hydrogen-bond donors (Lipinski definition) is 1. The van der Waals surface area contributed by atoms with Crippen molar-refractivity contribution in [2.75, 3.05) is 0 Å². The molecule has 3 heteroatoms. The lowest BCUT2D eigenvalue weighted by Gasteiger charge is -2.30. The molecule has 0 radical (unpaired) electrons. The van der Waals surface area contributed by atoms with Gasteiger partial charge in [0, 0.05) is 0 Å². The maximum absolute atomic E-state index is 12.9. The number of nitriles is 1. The summed E-state index contributed by atoms with van der Waals surface area (Å²) in [5.74, 6) is -0.321. The van der Waals surface area contributed by atoms with Crippen molar-refractivity contribution in [2.24, 2.45) is 5.41 Å². The van der Waals surface area contributed by atoms with Gasteiger partial charge in [0.2, 0.25) is 0 Å². The van der Waals surface area contributed by atoms with Gasteiger partial charge in [-0.2, -0.15) is 5.26 Å². The number of halogens is 1. The van der Waals surface area contributed by atoms with E-state index in [1.807, 2.05) is 0 Å². The van der Waals surface area contributed by atoms with Crippen LogP contribution in [0.2, 0.25) is 0 Å². The molecule has 0 saturated heterocycles. The smallest absolute Gasteiger partial charge is 0.123 e. The lowest BCUT2D eigenvalue weighted by molar-refractivity contribution is 0.0516. The third-order valence-electron chi connectivity index (χ3n) is 3.93. The summed E-state index contributed by atoms with van der Waals surface area (Å²) in [6, 6.07) is 8.14. The van der Waals surface area contributed by atoms with Crippen LogP contribution in [0.4, 0.5) is 4.39 Å². The van der Waals surface area contributed by atoms with Gasteiger partial charge >= 0.3 is 0 Å². The fraction of sp³-hybridized carbons (Fsp3) is 0.533. The highest BCUT2D eigenvalue weighted by atomic mass is 19.1. The highest BCUT2D eigenvalue weighted by Crippen LogP contribution is 2.44. The van der Waals surface area contributed by atoms with E-state index < -0.39 is 11.5 Å². The average Bonchev–Trinajstić information content (AvgIpc) is 2.65. The van der Waals surface area contributed by atoms with Crippen molar-refractivity contribution in [1.29, 1.82) is 5.26 Å². The predicted molar refractivity (Wildman–Crippen MR) is 67.1 cm³/mol. The van der Waals surface area contributed by atoms with E-state index in [0.29, 0.717) is 5.56 Å². The second-order valence-corrected chi connectivity index (χ2v) is 5.14. The minimum absolute atomic E-state index is 0.321. The largest absolute Gasteiger partial charge is 0.387 e.